The smallest absolute Gasteiger partial charge is 0.309 e. The highest BCUT2D eigenvalue weighted by Gasteiger charge is 2.31. The van der Waals surface area contributed by atoms with Crippen LogP contribution in [0.2, 0.25) is 0 Å². The topological polar surface area (TPSA) is 85.2 Å². The van der Waals surface area contributed by atoms with Gasteiger partial charge in [-0.3, -0.25) is 4.79 Å². The highest BCUT2D eigenvalue weighted by molar-refractivity contribution is 5.70. The summed E-state index contributed by atoms with van der Waals surface area (Å²) >= 11 is 0. The van der Waals surface area contributed by atoms with Gasteiger partial charge in [-0.1, -0.05) is 18.2 Å². The molecule has 6 heteroatoms. The Hall–Kier alpha value is -2.73. The SMILES string of the molecule is COc1cccc(OC2CC(COc3cccc([C@H](O)[C@H](C)C(=O)O)c3)C2)c1. The normalized spacial score (nSPS) is 20.5. The largest absolute Gasteiger partial charge is 0.497 e. The summed E-state index contributed by atoms with van der Waals surface area (Å²) in [6, 6.07) is 14.6. The fraction of sp³-hybridized carbons (Fsp3) is 0.409. The molecule has 6 nitrogen and oxygen atoms in total. The standard InChI is InChI=1S/C22H26O6/c1-14(22(24)25)21(23)16-5-3-7-18(11-16)27-13-15-9-20(10-15)28-19-8-4-6-17(12-19)26-2/h3-8,11-12,14-15,20-21,23H,9-10,13H2,1-2H3,(H,24,25)/t14-,15?,20?,21+/m0/s1. The second-order valence-electron chi connectivity index (χ2n) is 7.21. The van der Waals surface area contributed by atoms with Crippen LogP contribution >= 0.6 is 0 Å². The highest BCUT2D eigenvalue weighted by Crippen LogP contribution is 2.33. The summed E-state index contributed by atoms with van der Waals surface area (Å²) in [6.07, 6.45) is 0.932. The van der Waals surface area contributed by atoms with Crippen LogP contribution in [0.3, 0.4) is 0 Å². The van der Waals surface area contributed by atoms with Gasteiger partial charge < -0.3 is 24.4 Å². The van der Waals surface area contributed by atoms with E-state index in [1.165, 1.54) is 6.92 Å². The van der Waals surface area contributed by atoms with Gasteiger partial charge in [-0.05, 0) is 55.5 Å². The zero-order valence-corrected chi connectivity index (χ0v) is 16.1. The molecule has 2 aromatic carbocycles. The van der Waals surface area contributed by atoms with Crippen LogP contribution in [0.25, 0.3) is 0 Å². The van der Waals surface area contributed by atoms with Crippen molar-refractivity contribution in [2.45, 2.75) is 32.0 Å². The first kappa shape index (κ1) is 20.0. The molecular formula is C22H26O6. The van der Waals surface area contributed by atoms with Crippen molar-refractivity contribution in [2.75, 3.05) is 13.7 Å². The predicted molar refractivity (Wildman–Crippen MR) is 104 cm³/mol. The lowest BCUT2D eigenvalue weighted by Gasteiger charge is -2.35. The predicted octanol–water partition coefficient (Wildman–Crippen LogP) is 3.69. The van der Waals surface area contributed by atoms with Gasteiger partial charge in [0.1, 0.15) is 17.2 Å². The lowest BCUT2D eigenvalue weighted by atomic mass is 9.83. The van der Waals surface area contributed by atoms with E-state index in [1.54, 1.807) is 25.3 Å². The molecule has 3 rings (SSSR count). The first-order valence-electron chi connectivity index (χ1n) is 9.40. The number of rotatable bonds is 9. The van der Waals surface area contributed by atoms with E-state index in [1.807, 2.05) is 30.3 Å². The summed E-state index contributed by atoms with van der Waals surface area (Å²) < 4.78 is 17.0. The van der Waals surface area contributed by atoms with E-state index in [9.17, 15) is 9.90 Å². The molecule has 0 bridgehead atoms. The molecule has 0 spiro atoms. The Morgan fingerprint density at radius 2 is 1.79 bits per heavy atom. The van der Waals surface area contributed by atoms with Crippen molar-refractivity contribution in [2.24, 2.45) is 11.8 Å². The molecule has 0 aliphatic heterocycles. The van der Waals surface area contributed by atoms with Crippen molar-refractivity contribution < 1.29 is 29.2 Å². The molecule has 2 N–H and O–H groups in total. The van der Waals surface area contributed by atoms with E-state index in [2.05, 4.69) is 0 Å². The number of hydrogen-bond donors (Lipinski definition) is 2. The molecule has 1 aliphatic carbocycles. The monoisotopic (exact) mass is 386 g/mol. The van der Waals surface area contributed by atoms with Gasteiger partial charge in [-0.2, -0.15) is 0 Å². The zero-order chi connectivity index (χ0) is 20.1. The lowest BCUT2D eigenvalue weighted by Crippen LogP contribution is -2.37. The molecule has 1 fully saturated rings. The van der Waals surface area contributed by atoms with Crippen LogP contribution in [0.15, 0.2) is 48.5 Å². The molecule has 0 heterocycles. The Bertz CT molecular complexity index is 799. The maximum Gasteiger partial charge on any atom is 0.309 e. The number of carboxylic acid groups (broad SMARTS) is 1. The van der Waals surface area contributed by atoms with Crippen LogP contribution in [0.4, 0.5) is 0 Å². The number of aliphatic hydroxyl groups is 1. The van der Waals surface area contributed by atoms with Crippen LogP contribution in [-0.4, -0.2) is 36.0 Å². The summed E-state index contributed by atoms with van der Waals surface area (Å²) in [5, 5.41) is 19.2. The average Bonchev–Trinajstić information content (AvgIpc) is 2.68. The molecule has 1 aliphatic rings. The summed E-state index contributed by atoms with van der Waals surface area (Å²) in [5.74, 6) is 0.703. The fourth-order valence-corrected chi connectivity index (χ4v) is 3.20. The van der Waals surface area contributed by atoms with Crippen molar-refractivity contribution in [3.63, 3.8) is 0 Å². The molecule has 0 saturated heterocycles. The molecule has 2 aromatic rings. The van der Waals surface area contributed by atoms with Crippen molar-refractivity contribution in [1.82, 2.24) is 0 Å². The number of methoxy groups -OCH3 is 1. The summed E-state index contributed by atoms with van der Waals surface area (Å²) in [5.41, 5.74) is 0.542. The van der Waals surface area contributed by atoms with Crippen molar-refractivity contribution >= 4 is 5.97 Å². The van der Waals surface area contributed by atoms with Gasteiger partial charge >= 0.3 is 5.97 Å². The van der Waals surface area contributed by atoms with Crippen LogP contribution in [0, 0.1) is 11.8 Å². The number of aliphatic carboxylic acids is 1. The van der Waals surface area contributed by atoms with E-state index < -0.39 is 18.0 Å². The minimum Gasteiger partial charge on any atom is -0.497 e. The second-order valence-corrected chi connectivity index (χ2v) is 7.21. The van der Waals surface area contributed by atoms with Gasteiger partial charge in [-0.15, -0.1) is 0 Å². The quantitative estimate of drug-likeness (QED) is 0.684. The van der Waals surface area contributed by atoms with E-state index in [4.69, 9.17) is 19.3 Å². The summed E-state index contributed by atoms with van der Waals surface area (Å²) in [7, 11) is 1.63. The molecule has 0 amide bonds. The van der Waals surface area contributed by atoms with Crippen LogP contribution in [-0.2, 0) is 4.79 Å². The Kier molecular flexibility index (Phi) is 6.41. The average molecular weight is 386 g/mol. The molecule has 1 saturated carbocycles. The van der Waals surface area contributed by atoms with Crippen molar-refractivity contribution in [3.05, 3.63) is 54.1 Å². The number of ether oxygens (including phenoxy) is 3. The highest BCUT2D eigenvalue weighted by atomic mass is 16.5. The molecule has 28 heavy (non-hydrogen) atoms. The number of benzene rings is 2. The maximum absolute atomic E-state index is 11.0. The third kappa shape index (κ3) is 4.95. The first-order chi connectivity index (χ1) is 13.5. The molecule has 0 unspecified atom stereocenters. The van der Waals surface area contributed by atoms with Crippen LogP contribution in [0.5, 0.6) is 17.2 Å². The van der Waals surface area contributed by atoms with Crippen molar-refractivity contribution in [1.29, 1.82) is 0 Å². The molecule has 0 aromatic heterocycles. The van der Waals surface area contributed by atoms with Gasteiger partial charge in [0.05, 0.1) is 31.8 Å². The van der Waals surface area contributed by atoms with E-state index in [-0.39, 0.29) is 6.10 Å². The van der Waals surface area contributed by atoms with Gasteiger partial charge in [-0.25, -0.2) is 0 Å². The maximum atomic E-state index is 11.0. The molecule has 150 valence electrons. The molecule has 2 atom stereocenters. The number of carbonyl (C=O) groups is 1. The van der Waals surface area contributed by atoms with Gasteiger partial charge in [0.2, 0.25) is 0 Å². The Balaban J connectivity index is 1.46. The zero-order valence-electron chi connectivity index (χ0n) is 16.1. The number of carboxylic acids is 1. The molecular weight excluding hydrogens is 360 g/mol. The van der Waals surface area contributed by atoms with Crippen LogP contribution in [0.1, 0.15) is 31.4 Å². The second kappa shape index (κ2) is 8.97. The third-order valence-corrected chi connectivity index (χ3v) is 5.08. The minimum atomic E-state index is -1.06. The Morgan fingerprint density at radius 3 is 2.50 bits per heavy atom. The summed E-state index contributed by atoms with van der Waals surface area (Å²) in [6.45, 7) is 2.04. The fourth-order valence-electron chi connectivity index (χ4n) is 3.20. The van der Waals surface area contributed by atoms with Crippen LogP contribution < -0.4 is 14.2 Å². The lowest BCUT2D eigenvalue weighted by molar-refractivity contribution is -0.145. The van der Waals surface area contributed by atoms with Gasteiger partial charge in [0.25, 0.3) is 0 Å². The summed E-state index contributed by atoms with van der Waals surface area (Å²) in [4.78, 5) is 11.0. The van der Waals surface area contributed by atoms with E-state index >= 15 is 0 Å². The van der Waals surface area contributed by atoms with E-state index in [0.717, 1.165) is 24.3 Å². The van der Waals surface area contributed by atoms with Gasteiger partial charge in [0.15, 0.2) is 0 Å². The number of aliphatic hydroxyl groups excluding tert-OH is 1. The minimum absolute atomic E-state index is 0.172. The van der Waals surface area contributed by atoms with Gasteiger partial charge in [0, 0.05) is 6.07 Å². The van der Waals surface area contributed by atoms with Crippen molar-refractivity contribution in [3.8, 4) is 17.2 Å². The molecule has 0 radical (unpaired) electrons. The number of hydrogen-bond acceptors (Lipinski definition) is 5. The third-order valence-electron chi connectivity index (χ3n) is 5.08. The Labute approximate surface area is 164 Å². The first-order valence-corrected chi connectivity index (χ1v) is 9.40. The Morgan fingerprint density at radius 1 is 1.11 bits per heavy atom. The van der Waals surface area contributed by atoms with E-state index in [0.29, 0.717) is 23.8 Å².